The molecule has 0 bridgehead atoms. The third kappa shape index (κ3) is 6.38. The quantitative estimate of drug-likeness (QED) is 0.142. The second-order valence-corrected chi connectivity index (χ2v) is 18.1. The van der Waals surface area contributed by atoms with E-state index in [1.165, 1.54) is 43.1 Å². The van der Waals surface area contributed by atoms with Crippen molar-refractivity contribution in [1.82, 2.24) is 4.57 Å². The van der Waals surface area contributed by atoms with E-state index in [4.69, 9.17) is 4.42 Å². The molecule has 12 aromatic carbocycles. The molecule has 0 aliphatic rings. The van der Waals surface area contributed by atoms with Gasteiger partial charge in [-0.25, -0.2) is 0 Å². The lowest BCUT2D eigenvalue weighted by atomic mass is 9.94. The Bertz CT molecular complexity index is 4210. The van der Waals surface area contributed by atoms with Gasteiger partial charge < -0.3 is 18.8 Å². The van der Waals surface area contributed by atoms with E-state index < -0.39 is 0 Å². The minimum absolute atomic E-state index is 0.865. The molecule has 70 heavy (non-hydrogen) atoms. The van der Waals surface area contributed by atoms with Crippen molar-refractivity contribution in [1.29, 1.82) is 0 Å². The molecule has 0 saturated carbocycles. The monoisotopic (exact) mass is 893 g/mol. The number of fused-ring (bicyclic) bond motifs is 12. The van der Waals surface area contributed by atoms with Crippen LogP contribution in [-0.2, 0) is 0 Å². The van der Waals surface area contributed by atoms with Gasteiger partial charge in [-0.15, -0.1) is 0 Å². The Kier molecular flexibility index (Phi) is 9.17. The summed E-state index contributed by atoms with van der Waals surface area (Å²) < 4.78 is 9.05. The highest BCUT2D eigenvalue weighted by Crippen LogP contribution is 2.45. The Morgan fingerprint density at radius 3 is 1.39 bits per heavy atom. The molecule has 0 radical (unpaired) electrons. The fraction of sp³-hybridized carbons (Fsp3) is 0. The largest absolute Gasteiger partial charge is 0.454 e. The maximum absolute atomic E-state index is 6.59. The average Bonchev–Trinajstić information content (AvgIpc) is 3.98. The summed E-state index contributed by atoms with van der Waals surface area (Å²) in [5.74, 6) is 0. The van der Waals surface area contributed by atoms with Crippen LogP contribution in [0.4, 0.5) is 34.1 Å². The van der Waals surface area contributed by atoms with Gasteiger partial charge in [-0.05, 0) is 147 Å². The molecule has 328 valence electrons. The molecule has 14 rings (SSSR count). The highest BCUT2D eigenvalue weighted by atomic mass is 16.3. The van der Waals surface area contributed by atoms with Gasteiger partial charge in [0.1, 0.15) is 5.58 Å². The number of hydrogen-bond donors (Lipinski definition) is 0. The van der Waals surface area contributed by atoms with Crippen LogP contribution in [0.3, 0.4) is 0 Å². The van der Waals surface area contributed by atoms with Gasteiger partial charge >= 0.3 is 0 Å². The van der Waals surface area contributed by atoms with Crippen molar-refractivity contribution in [3.63, 3.8) is 0 Å². The number of benzene rings is 12. The smallest absolute Gasteiger partial charge is 0.159 e. The first-order chi connectivity index (χ1) is 34.7. The lowest BCUT2D eigenvalue weighted by molar-refractivity contribution is 0.669. The maximum Gasteiger partial charge on any atom is 0.159 e. The van der Waals surface area contributed by atoms with Gasteiger partial charge in [0.2, 0.25) is 0 Å². The molecule has 4 nitrogen and oxygen atoms in total. The zero-order chi connectivity index (χ0) is 46.1. The van der Waals surface area contributed by atoms with Crippen molar-refractivity contribution < 1.29 is 4.42 Å². The Hall–Kier alpha value is -9.38. The van der Waals surface area contributed by atoms with Crippen molar-refractivity contribution in [3.8, 4) is 16.8 Å². The van der Waals surface area contributed by atoms with Crippen LogP contribution >= 0.6 is 0 Å². The summed E-state index contributed by atoms with van der Waals surface area (Å²) in [6.45, 7) is 0. The van der Waals surface area contributed by atoms with Gasteiger partial charge in [0.25, 0.3) is 0 Å². The fourth-order valence-electron chi connectivity index (χ4n) is 11.0. The van der Waals surface area contributed by atoms with E-state index >= 15 is 0 Å². The minimum atomic E-state index is 0.865. The molecule has 2 heterocycles. The Morgan fingerprint density at radius 1 is 0.271 bits per heavy atom. The second-order valence-electron chi connectivity index (χ2n) is 18.1. The number of aromatic nitrogens is 1. The van der Waals surface area contributed by atoms with Crippen molar-refractivity contribution >= 4 is 110 Å². The predicted octanol–water partition coefficient (Wildman–Crippen LogP) is 18.7. The van der Waals surface area contributed by atoms with Crippen molar-refractivity contribution in [2.45, 2.75) is 0 Å². The van der Waals surface area contributed by atoms with Crippen LogP contribution in [0.25, 0.3) is 92.9 Å². The number of hydrogen-bond acceptors (Lipinski definition) is 3. The van der Waals surface area contributed by atoms with E-state index in [-0.39, 0.29) is 0 Å². The molecule has 0 aliphatic carbocycles. The lowest BCUT2D eigenvalue weighted by Gasteiger charge is -2.25. The normalized spacial score (nSPS) is 11.7. The molecular weight excluding hydrogens is 851 g/mol. The van der Waals surface area contributed by atoms with Gasteiger partial charge in [0, 0.05) is 55.7 Å². The SMILES string of the molecule is c1ccc(N(c2ccccc2)c2ccc3c(c2)c2cc(-c4ccc(N(c5ccccc5)c5cccc6c5oc5ccccc56)cc4)ccc2n3-c2ccc3c4ccccc4c4ccccc4c3c2)cc1. The molecule has 0 N–H and O–H groups in total. The van der Waals surface area contributed by atoms with E-state index in [0.717, 1.165) is 83.9 Å². The van der Waals surface area contributed by atoms with Crippen LogP contribution in [0, 0.1) is 0 Å². The number of para-hydroxylation sites is 5. The Morgan fingerprint density at radius 2 is 0.743 bits per heavy atom. The molecule has 0 unspecified atom stereocenters. The predicted molar refractivity (Wildman–Crippen MR) is 295 cm³/mol. The summed E-state index contributed by atoms with van der Waals surface area (Å²) in [5.41, 5.74) is 13.9. The van der Waals surface area contributed by atoms with E-state index in [1.807, 2.05) is 12.1 Å². The molecule has 0 fully saturated rings. The van der Waals surface area contributed by atoms with Crippen LogP contribution in [0.2, 0.25) is 0 Å². The molecule has 4 heteroatoms. The summed E-state index contributed by atoms with van der Waals surface area (Å²) in [6, 6.07) is 94.1. The molecule has 0 spiro atoms. The standard InChI is InChI=1S/C66H43N3O/c1-4-17-46(18-5-1)67(47-19-6-2-7-20-47)50-37-40-63-61(43-50)60-41-45(33-39-62(60)69(63)51-36-38-56-54-25-11-10-23-52(54)53-24-12-13-26-55(53)59(56)42-51)44-31-34-49(35-32-44)68(48-21-8-3-9-22-48)64-29-16-28-58-57-27-14-15-30-65(57)70-66(58)64/h1-43H. The number of rotatable bonds is 8. The molecule has 0 aliphatic heterocycles. The zero-order valence-corrected chi connectivity index (χ0v) is 38.1. The lowest BCUT2D eigenvalue weighted by Crippen LogP contribution is -2.10. The fourth-order valence-corrected chi connectivity index (χ4v) is 11.0. The van der Waals surface area contributed by atoms with Crippen LogP contribution in [0.5, 0.6) is 0 Å². The summed E-state index contributed by atoms with van der Waals surface area (Å²) in [6.07, 6.45) is 0. The van der Waals surface area contributed by atoms with Gasteiger partial charge in [-0.1, -0.05) is 158 Å². The maximum atomic E-state index is 6.59. The molecule has 14 aromatic rings. The third-order valence-electron chi connectivity index (χ3n) is 14.1. The van der Waals surface area contributed by atoms with E-state index in [9.17, 15) is 0 Å². The van der Waals surface area contributed by atoms with Gasteiger partial charge in [0.15, 0.2) is 5.58 Å². The van der Waals surface area contributed by atoms with Crippen LogP contribution in [-0.4, -0.2) is 4.57 Å². The van der Waals surface area contributed by atoms with E-state index in [1.54, 1.807) is 0 Å². The third-order valence-corrected chi connectivity index (χ3v) is 14.1. The molecule has 0 saturated heterocycles. The van der Waals surface area contributed by atoms with E-state index in [2.05, 4.69) is 263 Å². The minimum Gasteiger partial charge on any atom is -0.454 e. The second kappa shape index (κ2) is 16.2. The zero-order valence-electron chi connectivity index (χ0n) is 38.1. The summed E-state index contributed by atoms with van der Waals surface area (Å²) in [7, 11) is 0. The topological polar surface area (TPSA) is 24.6 Å². The first-order valence-electron chi connectivity index (χ1n) is 23.9. The summed E-state index contributed by atoms with van der Waals surface area (Å²) >= 11 is 0. The Balaban J connectivity index is 0.951. The number of nitrogens with zero attached hydrogens (tertiary/aromatic N) is 3. The van der Waals surface area contributed by atoms with Crippen molar-refractivity contribution in [3.05, 3.63) is 261 Å². The number of furan rings is 1. The summed E-state index contributed by atoms with van der Waals surface area (Å²) in [4.78, 5) is 4.65. The van der Waals surface area contributed by atoms with Crippen LogP contribution in [0.15, 0.2) is 265 Å². The van der Waals surface area contributed by atoms with Crippen molar-refractivity contribution in [2.75, 3.05) is 9.80 Å². The van der Waals surface area contributed by atoms with Crippen LogP contribution in [0.1, 0.15) is 0 Å². The van der Waals surface area contributed by atoms with Gasteiger partial charge in [0.05, 0.1) is 16.7 Å². The van der Waals surface area contributed by atoms with E-state index in [0.29, 0.717) is 0 Å². The summed E-state index contributed by atoms with van der Waals surface area (Å²) in [5, 5.41) is 12.2. The molecular formula is C66H43N3O. The first-order valence-corrected chi connectivity index (χ1v) is 23.9. The van der Waals surface area contributed by atoms with Gasteiger partial charge in [-0.2, -0.15) is 0 Å². The number of anilines is 6. The molecule has 0 atom stereocenters. The Labute approximate surface area is 404 Å². The highest BCUT2D eigenvalue weighted by Gasteiger charge is 2.22. The average molecular weight is 894 g/mol. The van der Waals surface area contributed by atoms with Crippen LogP contribution < -0.4 is 9.80 Å². The van der Waals surface area contributed by atoms with Gasteiger partial charge in [-0.3, -0.25) is 0 Å². The molecule has 0 amide bonds. The molecule has 2 aromatic heterocycles. The van der Waals surface area contributed by atoms with Crippen molar-refractivity contribution in [2.24, 2.45) is 0 Å². The first kappa shape index (κ1) is 39.8. The highest BCUT2D eigenvalue weighted by molar-refractivity contribution is 6.26.